The Morgan fingerprint density at radius 1 is 1.02 bits per heavy atom. The highest BCUT2D eigenvalue weighted by atomic mass is 19.1. The van der Waals surface area contributed by atoms with Crippen LogP contribution in [0.1, 0.15) is 21.6 Å². The van der Waals surface area contributed by atoms with Crippen LogP contribution in [-0.2, 0) is 0 Å². The molecule has 11 heteroatoms. The van der Waals surface area contributed by atoms with Gasteiger partial charge in [-0.2, -0.15) is 0 Å². The first-order chi connectivity index (χ1) is 22.2. The number of nitrogens with zero attached hydrogens (tertiary/aromatic N) is 4. The molecule has 3 heterocycles. The number of halogens is 2. The maximum absolute atomic E-state index is 14.2. The SMILES string of the molecule is Cc1ccn2c(C3=CC=NC(Nc4cccc(OCCN(C)C)c4)N3)c(-c3cccc(C(=O)Nc4c(F)cccc4F)c3)nc2c1. The van der Waals surface area contributed by atoms with Crippen LogP contribution >= 0.6 is 0 Å². The number of rotatable bonds is 10. The second-order valence-corrected chi connectivity index (χ2v) is 11.1. The number of amides is 1. The predicted octanol–water partition coefficient (Wildman–Crippen LogP) is 6.19. The summed E-state index contributed by atoms with van der Waals surface area (Å²) in [5.41, 5.74) is 5.07. The molecule has 1 aliphatic rings. The fourth-order valence-corrected chi connectivity index (χ4v) is 5.05. The number of allylic oxidation sites excluding steroid dienone is 1. The number of benzene rings is 3. The summed E-state index contributed by atoms with van der Waals surface area (Å²) in [6.45, 7) is 3.37. The zero-order chi connectivity index (χ0) is 32.2. The van der Waals surface area contributed by atoms with Gasteiger partial charge < -0.3 is 25.6 Å². The molecule has 1 atom stereocenters. The largest absolute Gasteiger partial charge is 0.492 e. The second-order valence-electron chi connectivity index (χ2n) is 11.1. The number of nitrogens with one attached hydrogen (secondary N) is 3. The van der Waals surface area contributed by atoms with Gasteiger partial charge in [-0.05, 0) is 81.2 Å². The van der Waals surface area contributed by atoms with Crippen molar-refractivity contribution in [1.29, 1.82) is 0 Å². The van der Waals surface area contributed by atoms with Crippen molar-refractivity contribution in [3.63, 3.8) is 0 Å². The number of aromatic nitrogens is 2. The number of hydrogen-bond acceptors (Lipinski definition) is 7. The number of imidazole rings is 1. The molecule has 46 heavy (non-hydrogen) atoms. The first-order valence-electron chi connectivity index (χ1n) is 14.7. The van der Waals surface area contributed by atoms with Gasteiger partial charge in [-0.15, -0.1) is 0 Å². The van der Waals surface area contributed by atoms with Gasteiger partial charge in [0.2, 0.25) is 0 Å². The Labute approximate surface area is 265 Å². The highest BCUT2D eigenvalue weighted by Gasteiger charge is 2.23. The van der Waals surface area contributed by atoms with E-state index in [1.54, 1.807) is 24.4 Å². The molecule has 1 unspecified atom stereocenters. The number of aliphatic imine (C=N–C) groups is 1. The fraction of sp³-hybridized carbons (Fsp3) is 0.171. The summed E-state index contributed by atoms with van der Waals surface area (Å²) in [5.74, 6) is -1.60. The highest BCUT2D eigenvalue weighted by Crippen LogP contribution is 2.31. The molecule has 9 nitrogen and oxygen atoms in total. The minimum Gasteiger partial charge on any atom is -0.492 e. The third-order valence-electron chi connectivity index (χ3n) is 7.35. The third kappa shape index (κ3) is 6.74. The topological polar surface area (TPSA) is 95.3 Å². The van der Waals surface area contributed by atoms with E-state index in [4.69, 9.17) is 9.72 Å². The summed E-state index contributed by atoms with van der Waals surface area (Å²) in [6.07, 6.45) is 5.04. The summed E-state index contributed by atoms with van der Waals surface area (Å²) in [7, 11) is 4.00. The van der Waals surface area contributed by atoms with Gasteiger partial charge in [-0.3, -0.25) is 9.20 Å². The lowest BCUT2D eigenvalue weighted by atomic mass is 10.0. The number of fused-ring (bicyclic) bond motifs is 1. The predicted molar refractivity (Wildman–Crippen MR) is 177 cm³/mol. The molecule has 3 N–H and O–H groups in total. The first kappa shape index (κ1) is 30.5. The van der Waals surface area contributed by atoms with Crippen molar-refractivity contribution in [3.8, 4) is 17.0 Å². The summed E-state index contributed by atoms with van der Waals surface area (Å²) < 4.78 is 36.3. The molecule has 5 aromatic rings. The van der Waals surface area contributed by atoms with Gasteiger partial charge >= 0.3 is 0 Å². The molecule has 6 rings (SSSR count). The number of para-hydroxylation sites is 1. The van der Waals surface area contributed by atoms with E-state index in [0.717, 1.165) is 47.1 Å². The Morgan fingerprint density at radius 3 is 2.61 bits per heavy atom. The van der Waals surface area contributed by atoms with Gasteiger partial charge in [0, 0.05) is 41.8 Å². The average Bonchev–Trinajstić information content (AvgIpc) is 3.42. The molecular weight excluding hydrogens is 588 g/mol. The Balaban J connectivity index is 1.28. The normalized spacial score (nSPS) is 14.2. The minimum atomic E-state index is -0.855. The van der Waals surface area contributed by atoms with Crippen LogP contribution in [0.4, 0.5) is 20.2 Å². The molecule has 0 spiro atoms. The van der Waals surface area contributed by atoms with Crippen LogP contribution in [-0.4, -0.2) is 59.9 Å². The number of ether oxygens (including phenoxy) is 1. The van der Waals surface area contributed by atoms with Crippen molar-refractivity contribution >= 4 is 34.8 Å². The zero-order valence-electron chi connectivity index (χ0n) is 25.6. The van der Waals surface area contributed by atoms with E-state index < -0.39 is 29.5 Å². The minimum absolute atomic E-state index is 0.221. The van der Waals surface area contributed by atoms with E-state index in [0.29, 0.717) is 23.5 Å². The van der Waals surface area contributed by atoms with Crippen LogP contribution in [0, 0.1) is 18.6 Å². The third-order valence-corrected chi connectivity index (χ3v) is 7.35. The first-order valence-corrected chi connectivity index (χ1v) is 14.7. The molecule has 1 aliphatic heterocycles. The molecule has 1 amide bonds. The Kier molecular flexibility index (Phi) is 8.75. The Bertz CT molecular complexity index is 1950. The molecule has 0 fully saturated rings. The van der Waals surface area contributed by atoms with Crippen molar-refractivity contribution in [3.05, 3.63) is 120 Å². The van der Waals surface area contributed by atoms with Gasteiger partial charge in [-0.1, -0.05) is 24.3 Å². The molecule has 0 aliphatic carbocycles. The van der Waals surface area contributed by atoms with Gasteiger partial charge in [0.05, 0.1) is 17.1 Å². The number of carbonyl (C=O) groups is 1. The van der Waals surface area contributed by atoms with Gasteiger partial charge in [0.15, 0.2) is 6.29 Å². The van der Waals surface area contributed by atoms with Crippen molar-refractivity contribution < 1.29 is 18.3 Å². The van der Waals surface area contributed by atoms with Crippen molar-refractivity contribution in [2.45, 2.75) is 13.2 Å². The molecule has 3 aromatic carbocycles. The Hall–Kier alpha value is -5.55. The van der Waals surface area contributed by atoms with Crippen LogP contribution in [0.2, 0.25) is 0 Å². The van der Waals surface area contributed by atoms with Crippen molar-refractivity contribution in [2.75, 3.05) is 37.9 Å². The van der Waals surface area contributed by atoms with Gasteiger partial charge in [0.25, 0.3) is 5.91 Å². The van der Waals surface area contributed by atoms with Crippen LogP contribution in [0.25, 0.3) is 22.6 Å². The summed E-state index contributed by atoms with van der Waals surface area (Å²) in [5, 5.41) is 9.22. The van der Waals surface area contributed by atoms with Crippen LogP contribution in [0.15, 0.2) is 96.1 Å². The quantitative estimate of drug-likeness (QED) is 0.172. The maximum Gasteiger partial charge on any atom is 0.255 e. The lowest BCUT2D eigenvalue weighted by Crippen LogP contribution is -2.35. The molecule has 0 saturated heterocycles. The summed E-state index contributed by atoms with van der Waals surface area (Å²) in [4.78, 5) is 24.7. The zero-order valence-corrected chi connectivity index (χ0v) is 25.6. The standard InChI is InChI=1S/C35H33F2N7O2/c1-22-14-16-44-30(19-22)41-31(23-7-4-8-24(20-23)34(45)42-32-27(36)11-6-12-28(32)37)33(44)29-13-15-38-35(40-29)39-25-9-5-10-26(21-25)46-18-17-43(2)3/h4-16,19-21,35,39-40H,17-18H2,1-3H3,(H,42,45). The molecule has 2 aromatic heterocycles. The van der Waals surface area contributed by atoms with Gasteiger partial charge in [-0.25, -0.2) is 18.8 Å². The summed E-state index contributed by atoms with van der Waals surface area (Å²) >= 11 is 0. The van der Waals surface area contributed by atoms with E-state index in [1.165, 1.54) is 6.07 Å². The number of likely N-dealkylation sites (N-methyl/N-ethyl adjacent to an activating group) is 1. The number of hydrogen-bond donors (Lipinski definition) is 3. The van der Waals surface area contributed by atoms with E-state index in [2.05, 4.69) is 25.8 Å². The van der Waals surface area contributed by atoms with Crippen molar-refractivity contribution in [1.82, 2.24) is 19.6 Å². The molecule has 234 valence electrons. The lowest BCUT2D eigenvalue weighted by molar-refractivity contribution is 0.102. The number of pyridine rings is 1. The number of aryl methyl sites for hydroxylation is 1. The van der Waals surface area contributed by atoms with Crippen LogP contribution in [0.3, 0.4) is 0 Å². The number of carbonyl (C=O) groups excluding carboxylic acids is 1. The van der Waals surface area contributed by atoms with Crippen LogP contribution in [0.5, 0.6) is 5.75 Å². The van der Waals surface area contributed by atoms with Gasteiger partial charge in [0.1, 0.15) is 35.3 Å². The van der Waals surface area contributed by atoms with Crippen molar-refractivity contribution in [2.24, 2.45) is 4.99 Å². The lowest BCUT2D eigenvalue weighted by Gasteiger charge is -2.23. The highest BCUT2D eigenvalue weighted by molar-refractivity contribution is 6.05. The molecule has 0 bridgehead atoms. The maximum atomic E-state index is 14.2. The Morgan fingerprint density at radius 2 is 1.80 bits per heavy atom. The van der Waals surface area contributed by atoms with E-state index in [1.807, 2.05) is 80.2 Å². The molecule has 0 saturated carbocycles. The fourth-order valence-electron chi connectivity index (χ4n) is 5.05. The monoisotopic (exact) mass is 621 g/mol. The van der Waals surface area contributed by atoms with E-state index in [-0.39, 0.29) is 5.56 Å². The molecular formula is C35H33F2N7O2. The smallest absolute Gasteiger partial charge is 0.255 e. The van der Waals surface area contributed by atoms with E-state index in [9.17, 15) is 13.6 Å². The van der Waals surface area contributed by atoms with Crippen LogP contribution < -0.4 is 20.7 Å². The van der Waals surface area contributed by atoms with E-state index >= 15 is 0 Å². The second kappa shape index (κ2) is 13.2. The summed E-state index contributed by atoms with van der Waals surface area (Å²) in [6, 6.07) is 21.9. The number of anilines is 2. The molecule has 0 radical (unpaired) electrons. The average molecular weight is 622 g/mol.